The number of hydrogen-bond acceptors (Lipinski definition) is 2. The van der Waals surface area contributed by atoms with E-state index in [9.17, 15) is 0 Å². The lowest BCUT2D eigenvalue weighted by atomic mass is 10.00. The third-order valence-corrected chi connectivity index (χ3v) is 8.29. The lowest BCUT2D eigenvalue weighted by Crippen LogP contribution is -2.57. The number of anilines is 1. The average Bonchev–Trinajstić information content (AvgIpc) is 3.37. The maximum atomic E-state index is 3.80. The van der Waals surface area contributed by atoms with Gasteiger partial charge in [-0.3, -0.25) is 5.32 Å². The third-order valence-electron chi connectivity index (χ3n) is 8.29. The fourth-order valence-electron chi connectivity index (χ4n) is 6.37. The first-order chi connectivity index (χ1) is 20.4. The second-order valence-electron chi connectivity index (χ2n) is 10.6. The standard InChI is InChI=1S/C38H29N3/c1-4-13-27(14-5-1)32-20-12-21-34-33-19-10-11-22-35(33)40(36(32)34)30-23-25-31(26-24-30)41-37(28-15-6-2-7-16-28)39-38(41)29-17-8-3-9-18-29/h1-26,37-39H. The van der Waals surface area contributed by atoms with E-state index in [1.165, 1.54) is 49.7 Å². The van der Waals surface area contributed by atoms with Crippen LogP contribution in [0, 0.1) is 0 Å². The molecule has 0 bridgehead atoms. The Hall–Kier alpha value is -5.12. The summed E-state index contributed by atoms with van der Waals surface area (Å²) in [5.74, 6) is 0. The van der Waals surface area contributed by atoms with Crippen LogP contribution in [0.25, 0.3) is 38.6 Å². The Morgan fingerprint density at radius 2 is 0.976 bits per heavy atom. The second-order valence-corrected chi connectivity index (χ2v) is 10.6. The normalized spacial score (nSPS) is 16.6. The highest BCUT2D eigenvalue weighted by atomic mass is 15.5. The average molecular weight is 528 g/mol. The molecule has 7 aromatic rings. The molecular formula is C38H29N3. The molecule has 6 aromatic carbocycles. The van der Waals surface area contributed by atoms with Crippen LogP contribution in [-0.2, 0) is 0 Å². The van der Waals surface area contributed by atoms with Gasteiger partial charge in [0.2, 0.25) is 0 Å². The van der Waals surface area contributed by atoms with Crippen LogP contribution in [0.15, 0.2) is 158 Å². The molecule has 2 unspecified atom stereocenters. The highest BCUT2D eigenvalue weighted by molar-refractivity contribution is 6.13. The summed E-state index contributed by atoms with van der Waals surface area (Å²) < 4.78 is 2.43. The Morgan fingerprint density at radius 3 is 1.63 bits per heavy atom. The first-order valence-corrected chi connectivity index (χ1v) is 14.2. The zero-order valence-electron chi connectivity index (χ0n) is 22.6. The van der Waals surface area contributed by atoms with E-state index in [1.54, 1.807) is 0 Å². The molecule has 1 saturated heterocycles. The van der Waals surface area contributed by atoms with Crippen LogP contribution in [0.2, 0.25) is 0 Å². The summed E-state index contributed by atoms with van der Waals surface area (Å²) in [7, 11) is 0. The van der Waals surface area contributed by atoms with Crippen molar-refractivity contribution in [3.05, 3.63) is 169 Å². The summed E-state index contributed by atoms with van der Waals surface area (Å²) in [5.41, 5.74) is 9.79. The van der Waals surface area contributed by atoms with Crippen molar-refractivity contribution < 1.29 is 0 Å². The Morgan fingerprint density at radius 1 is 0.439 bits per heavy atom. The first-order valence-electron chi connectivity index (χ1n) is 14.2. The van der Waals surface area contributed by atoms with E-state index >= 15 is 0 Å². The minimum Gasteiger partial charge on any atom is -0.332 e. The number of nitrogens with zero attached hydrogens (tertiary/aromatic N) is 2. The van der Waals surface area contributed by atoms with Crippen molar-refractivity contribution in [2.75, 3.05) is 4.90 Å². The summed E-state index contributed by atoms with van der Waals surface area (Å²) in [5, 5.41) is 6.34. The predicted molar refractivity (Wildman–Crippen MR) is 170 cm³/mol. The Labute approximate surface area is 239 Å². The largest absolute Gasteiger partial charge is 0.332 e. The molecule has 1 fully saturated rings. The topological polar surface area (TPSA) is 20.2 Å². The fraction of sp³-hybridized carbons (Fsp3) is 0.0526. The maximum Gasteiger partial charge on any atom is 0.109 e. The van der Waals surface area contributed by atoms with E-state index in [2.05, 4.69) is 173 Å². The molecule has 1 N–H and O–H groups in total. The molecule has 8 rings (SSSR count). The molecule has 1 aliphatic rings. The van der Waals surface area contributed by atoms with Gasteiger partial charge in [0.05, 0.1) is 11.0 Å². The van der Waals surface area contributed by atoms with Crippen LogP contribution < -0.4 is 10.2 Å². The van der Waals surface area contributed by atoms with E-state index in [-0.39, 0.29) is 12.3 Å². The highest BCUT2D eigenvalue weighted by Crippen LogP contribution is 2.43. The van der Waals surface area contributed by atoms with E-state index in [1.807, 2.05) is 0 Å². The number of benzene rings is 6. The highest BCUT2D eigenvalue weighted by Gasteiger charge is 2.39. The number of aromatic nitrogens is 1. The molecule has 2 atom stereocenters. The van der Waals surface area contributed by atoms with Crippen LogP contribution in [0.4, 0.5) is 5.69 Å². The fourth-order valence-corrected chi connectivity index (χ4v) is 6.37. The SMILES string of the molecule is c1ccc(-c2cccc3c4ccccc4n(-c4ccc(N5C(c6ccccc6)NC5c5ccccc5)cc4)c23)cc1. The van der Waals surface area contributed by atoms with Gasteiger partial charge in [-0.1, -0.05) is 127 Å². The molecule has 3 heteroatoms. The van der Waals surface area contributed by atoms with Gasteiger partial charge in [-0.05, 0) is 47.0 Å². The van der Waals surface area contributed by atoms with Crippen LogP contribution in [0.1, 0.15) is 23.5 Å². The molecule has 0 radical (unpaired) electrons. The number of para-hydroxylation sites is 2. The summed E-state index contributed by atoms with van der Waals surface area (Å²) in [6.07, 6.45) is 0.232. The lowest BCUT2D eigenvalue weighted by Gasteiger charge is -2.51. The quantitative estimate of drug-likeness (QED) is 0.241. The molecule has 41 heavy (non-hydrogen) atoms. The van der Waals surface area contributed by atoms with E-state index in [4.69, 9.17) is 0 Å². The van der Waals surface area contributed by atoms with Gasteiger partial charge in [0.1, 0.15) is 12.3 Å². The smallest absolute Gasteiger partial charge is 0.109 e. The molecule has 0 amide bonds. The molecule has 0 saturated carbocycles. The van der Waals surface area contributed by atoms with Crippen LogP contribution in [0.3, 0.4) is 0 Å². The van der Waals surface area contributed by atoms with E-state index in [0.29, 0.717) is 0 Å². The molecule has 196 valence electrons. The molecule has 0 spiro atoms. The lowest BCUT2D eigenvalue weighted by molar-refractivity contribution is 0.276. The van der Waals surface area contributed by atoms with E-state index in [0.717, 1.165) is 5.69 Å². The van der Waals surface area contributed by atoms with Crippen molar-refractivity contribution in [1.29, 1.82) is 0 Å². The van der Waals surface area contributed by atoms with Gasteiger partial charge in [0.25, 0.3) is 0 Å². The van der Waals surface area contributed by atoms with Crippen molar-refractivity contribution in [2.45, 2.75) is 12.3 Å². The predicted octanol–water partition coefficient (Wildman–Crippen LogP) is 9.26. The minimum atomic E-state index is 0.116. The molecule has 2 heterocycles. The summed E-state index contributed by atoms with van der Waals surface area (Å²) in [4.78, 5) is 2.48. The van der Waals surface area contributed by atoms with Crippen molar-refractivity contribution in [2.24, 2.45) is 0 Å². The molecule has 1 aromatic heterocycles. The van der Waals surface area contributed by atoms with Crippen molar-refractivity contribution in [3.63, 3.8) is 0 Å². The number of hydrogen-bond donors (Lipinski definition) is 1. The number of nitrogens with one attached hydrogen (secondary N) is 1. The first kappa shape index (κ1) is 23.7. The minimum absolute atomic E-state index is 0.116. The van der Waals surface area contributed by atoms with Gasteiger partial charge in [0, 0.05) is 27.7 Å². The van der Waals surface area contributed by atoms with Crippen LogP contribution in [-0.4, -0.2) is 4.57 Å². The molecular weight excluding hydrogens is 498 g/mol. The van der Waals surface area contributed by atoms with Crippen molar-refractivity contribution >= 4 is 27.5 Å². The second kappa shape index (κ2) is 9.81. The summed E-state index contributed by atoms with van der Waals surface area (Å²) >= 11 is 0. The van der Waals surface area contributed by atoms with Gasteiger partial charge >= 0.3 is 0 Å². The van der Waals surface area contributed by atoms with Crippen molar-refractivity contribution in [1.82, 2.24) is 9.88 Å². The Balaban J connectivity index is 1.27. The van der Waals surface area contributed by atoms with Gasteiger partial charge in [-0.2, -0.15) is 0 Å². The maximum absolute atomic E-state index is 3.80. The number of fused-ring (bicyclic) bond motifs is 3. The van der Waals surface area contributed by atoms with Gasteiger partial charge in [-0.25, -0.2) is 0 Å². The summed E-state index contributed by atoms with van der Waals surface area (Å²) in [6.45, 7) is 0. The zero-order chi connectivity index (χ0) is 27.2. The van der Waals surface area contributed by atoms with Crippen LogP contribution in [0.5, 0.6) is 0 Å². The third kappa shape index (κ3) is 3.94. The molecule has 3 nitrogen and oxygen atoms in total. The Bertz CT molecular complexity index is 1910. The van der Waals surface area contributed by atoms with E-state index < -0.39 is 0 Å². The summed E-state index contributed by atoms with van der Waals surface area (Å²) in [6, 6.07) is 56.6. The molecule has 0 aliphatic carbocycles. The Kier molecular flexibility index (Phi) is 5.68. The van der Waals surface area contributed by atoms with Gasteiger partial charge in [-0.15, -0.1) is 0 Å². The zero-order valence-corrected chi connectivity index (χ0v) is 22.6. The molecule has 1 aliphatic heterocycles. The number of rotatable bonds is 5. The van der Waals surface area contributed by atoms with Crippen LogP contribution >= 0.6 is 0 Å². The van der Waals surface area contributed by atoms with Crippen molar-refractivity contribution in [3.8, 4) is 16.8 Å². The van der Waals surface area contributed by atoms with Gasteiger partial charge in [0.15, 0.2) is 0 Å². The van der Waals surface area contributed by atoms with Gasteiger partial charge < -0.3 is 9.47 Å². The monoisotopic (exact) mass is 527 g/mol.